The lowest BCUT2D eigenvalue weighted by Crippen LogP contribution is -2.48. The first-order chi connectivity index (χ1) is 10.0. The van der Waals surface area contributed by atoms with E-state index >= 15 is 0 Å². The predicted molar refractivity (Wildman–Crippen MR) is 85.3 cm³/mol. The van der Waals surface area contributed by atoms with Gasteiger partial charge in [0, 0.05) is 25.6 Å². The minimum Gasteiger partial charge on any atom is -0.337 e. The van der Waals surface area contributed by atoms with E-state index in [9.17, 15) is 4.79 Å². The van der Waals surface area contributed by atoms with Crippen molar-refractivity contribution in [3.8, 4) is 0 Å². The van der Waals surface area contributed by atoms with E-state index in [1.165, 1.54) is 18.2 Å². The smallest absolute Gasteiger partial charge is 0.233 e. The number of aryl methyl sites for hydroxylation is 1. The summed E-state index contributed by atoms with van der Waals surface area (Å²) in [6.07, 6.45) is 5.44. The highest BCUT2D eigenvalue weighted by atomic mass is 32.2. The van der Waals surface area contributed by atoms with Crippen LogP contribution in [0.4, 0.5) is 0 Å². The van der Waals surface area contributed by atoms with E-state index in [0.717, 1.165) is 36.7 Å². The van der Waals surface area contributed by atoms with E-state index in [1.54, 1.807) is 0 Å². The van der Waals surface area contributed by atoms with Gasteiger partial charge in [-0.15, -0.1) is 10.2 Å². The second-order valence-electron chi connectivity index (χ2n) is 5.93. The summed E-state index contributed by atoms with van der Waals surface area (Å²) in [5.74, 6) is 1.67. The highest BCUT2D eigenvalue weighted by Crippen LogP contribution is 2.25. The van der Waals surface area contributed by atoms with E-state index in [-0.39, 0.29) is 5.91 Å². The molecule has 6 heteroatoms. The summed E-state index contributed by atoms with van der Waals surface area (Å²) >= 11 is 1.50. The lowest BCUT2D eigenvalue weighted by atomic mass is 9.98. The van der Waals surface area contributed by atoms with Crippen molar-refractivity contribution < 1.29 is 4.79 Å². The van der Waals surface area contributed by atoms with E-state index in [4.69, 9.17) is 0 Å². The van der Waals surface area contributed by atoms with E-state index < -0.39 is 0 Å². The Balaban J connectivity index is 1.94. The van der Waals surface area contributed by atoms with Crippen LogP contribution in [0.25, 0.3) is 0 Å². The van der Waals surface area contributed by atoms with Crippen molar-refractivity contribution in [1.29, 1.82) is 0 Å². The maximum Gasteiger partial charge on any atom is 0.233 e. The summed E-state index contributed by atoms with van der Waals surface area (Å²) in [4.78, 5) is 14.5. The molecule has 2 atom stereocenters. The average molecular weight is 310 g/mol. The number of thioether (sulfide) groups is 1. The van der Waals surface area contributed by atoms with Crippen molar-refractivity contribution in [3.05, 3.63) is 5.82 Å². The summed E-state index contributed by atoms with van der Waals surface area (Å²) in [6, 6.07) is 0.717. The third-order valence-electron chi connectivity index (χ3n) is 4.20. The Bertz CT molecular complexity index is 478. The van der Waals surface area contributed by atoms with Crippen LogP contribution in [-0.4, -0.2) is 43.4 Å². The van der Waals surface area contributed by atoms with Gasteiger partial charge in [-0.25, -0.2) is 0 Å². The van der Waals surface area contributed by atoms with Crippen LogP contribution in [-0.2, 0) is 18.3 Å². The molecule has 2 heterocycles. The predicted octanol–water partition coefficient (Wildman–Crippen LogP) is 2.65. The summed E-state index contributed by atoms with van der Waals surface area (Å²) in [6.45, 7) is 6.43. The SMILES string of the molecule is CCCc1nnc(SCC(=O)N2[C@H](C)CCC[C@@H]2C)n1C. The van der Waals surface area contributed by atoms with Crippen LogP contribution in [0.5, 0.6) is 0 Å². The summed E-state index contributed by atoms with van der Waals surface area (Å²) in [7, 11) is 1.98. The molecule has 0 aliphatic carbocycles. The third-order valence-corrected chi connectivity index (χ3v) is 5.21. The van der Waals surface area contributed by atoms with E-state index in [0.29, 0.717) is 17.8 Å². The Hall–Kier alpha value is -1.04. The van der Waals surface area contributed by atoms with E-state index in [1.807, 2.05) is 11.6 Å². The van der Waals surface area contributed by atoms with Crippen LogP contribution >= 0.6 is 11.8 Å². The Morgan fingerprint density at radius 3 is 2.57 bits per heavy atom. The molecule has 1 aromatic heterocycles. The lowest BCUT2D eigenvalue weighted by Gasteiger charge is -2.39. The summed E-state index contributed by atoms with van der Waals surface area (Å²) in [5.41, 5.74) is 0. The standard InChI is InChI=1S/C15H26N4OS/c1-5-7-13-16-17-15(18(13)4)21-10-14(20)19-11(2)8-6-9-12(19)3/h11-12H,5-10H2,1-4H3/t11-,12+. The number of hydrogen-bond donors (Lipinski definition) is 0. The zero-order valence-electron chi connectivity index (χ0n) is 13.5. The number of carbonyl (C=O) groups excluding carboxylic acids is 1. The molecule has 0 bridgehead atoms. The topological polar surface area (TPSA) is 51.0 Å². The molecule has 0 unspecified atom stereocenters. The van der Waals surface area contributed by atoms with E-state index in [2.05, 4.69) is 35.9 Å². The molecule has 1 saturated heterocycles. The van der Waals surface area contributed by atoms with Crippen molar-refractivity contribution in [3.63, 3.8) is 0 Å². The zero-order valence-corrected chi connectivity index (χ0v) is 14.3. The molecule has 118 valence electrons. The molecule has 1 aliphatic heterocycles. The largest absolute Gasteiger partial charge is 0.337 e. The first kappa shape index (κ1) is 16.3. The van der Waals surface area contributed by atoms with Gasteiger partial charge in [0.25, 0.3) is 0 Å². The van der Waals surface area contributed by atoms with Crippen molar-refractivity contribution >= 4 is 17.7 Å². The molecule has 0 saturated carbocycles. The number of piperidine rings is 1. The molecule has 0 radical (unpaired) electrons. The Morgan fingerprint density at radius 1 is 1.29 bits per heavy atom. The van der Waals surface area contributed by atoms with Gasteiger partial charge in [-0.05, 0) is 39.5 Å². The van der Waals surface area contributed by atoms with Gasteiger partial charge in [-0.2, -0.15) is 0 Å². The maximum atomic E-state index is 12.5. The fraction of sp³-hybridized carbons (Fsp3) is 0.800. The number of likely N-dealkylation sites (tertiary alicyclic amines) is 1. The van der Waals surface area contributed by atoms with Crippen LogP contribution in [0.2, 0.25) is 0 Å². The lowest BCUT2D eigenvalue weighted by molar-refractivity contribution is -0.134. The highest BCUT2D eigenvalue weighted by molar-refractivity contribution is 7.99. The molecule has 1 amide bonds. The molecular weight excluding hydrogens is 284 g/mol. The molecule has 0 aromatic carbocycles. The molecule has 0 spiro atoms. The van der Waals surface area contributed by atoms with Gasteiger partial charge in [0.15, 0.2) is 5.16 Å². The summed E-state index contributed by atoms with van der Waals surface area (Å²) in [5, 5.41) is 9.22. The van der Waals surface area contributed by atoms with Gasteiger partial charge >= 0.3 is 0 Å². The van der Waals surface area contributed by atoms with Gasteiger partial charge in [0.1, 0.15) is 5.82 Å². The van der Waals surface area contributed by atoms with Crippen molar-refractivity contribution in [1.82, 2.24) is 19.7 Å². The van der Waals surface area contributed by atoms with Gasteiger partial charge < -0.3 is 9.47 Å². The Morgan fingerprint density at radius 2 is 1.95 bits per heavy atom. The van der Waals surface area contributed by atoms with Gasteiger partial charge in [0.05, 0.1) is 5.75 Å². The molecule has 5 nitrogen and oxygen atoms in total. The molecule has 0 N–H and O–H groups in total. The Labute approximate surface area is 131 Å². The van der Waals surface area contributed by atoms with Crippen molar-refractivity contribution in [2.75, 3.05) is 5.75 Å². The molecular formula is C15H26N4OS. The molecule has 1 fully saturated rings. The number of hydrogen-bond acceptors (Lipinski definition) is 4. The quantitative estimate of drug-likeness (QED) is 0.785. The van der Waals surface area contributed by atoms with Crippen LogP contribution < -0.4 is 0 Å². The third kappa shape index (κ3) is 3.78. The summed E-state index contributed by atoms with van der Waals surface area (Å²) < 4.78 is 2.00. The van der Waals surface area contributed by atoms with Gasteiger partial charge in [0.2, 0.25) is 5.91 Å². The van der Waals surface area contributed by atoms with Gasteiger partial charge in [-0.3, -0.25) is 4.79 Å². The number of carbonyl (C=O) groups is 1. The first-order valence-electron chi connectivity index (χ1n) is 7.86. The first-order valence-corrected chi connectivity index (χ1v) is 8.85. The molecule has 21 heavy (non-hydrogen) atoms. The van der Waals surface area contributed by atoms with Crippen LogP contribution in [0, 0.1) is 0 Å². The molecule has 1 aromatic rings. The highest BCUT2D eigenvalue weighted by Gasteiger charge is 2.28. The Kier molecular flexibility index (Phi) is 5.67. The number of aromatic nitrogens is 3. The zero-order chi connectivity index (χ0) is 15.4. The number of rotatable bonds is 5. The fourth-order valence-corrected chi connectivity index (χ4v) is 3.83. The van der Waals surface area contributed by atoms with Crippen molar-refractivity contribution in [2.24, 2.45) is 7.05 Å². The second-order valence-corrected chi connectivity index (χ2v) is 6.87. The minimum atomic E-state index is 0.222. The number of nitrogens with zero attached hydrogens (tertiary/aromatic N) is 4. The van der Waals surface area contributed by atoms with Crippen LogP contribution in [0.1, 0.15) is 52.3 Å². The molecule has 1 aliphatic rings. The average Bonchev–Trinajstić information content (AvgIpc) is 2.78. The maximum absolute atomic E-state index is 12.5. The van der Waals surface area contributed by atoms with Crippen LogP contribution in [0.15, 0.2) is 5.16 Å². The normalized spacial score (nSPS) is 22.6. The van der Waals surface area contributed by atoms with Crippen LogP contribution in [0.3, 0.4) is 0 Å². The number of amides is 1. The second kappa shape index (κ2) is 7.29. The van der Waals surface area contributed by atoms with Crippen molar-refractivity contribution in [2.45, 2.75) is 70.1 Å². The van der Waals surface area contributed by atoms with Gasteiger partial charge in [-0.1, -0.05) is 18.7 Å². The minimum absolute atomic E-state index is 0.222. The molecule has 2 rings (SSSR count). The monoisotopic (exact) mass is 310 g/mol. The fourth-order valence-electron chi connectivity index (χ4n) is 3.03.